The molecule has 2 aromatic carbocycles. The number of benzene rings is 2. The lowest BCUT2D eigenvalue weighted by atomic mass is 10.1. The zero-order valence-corrected chi connectivity index (χ0v) is 12.5. The number of fused-ring (bicyclic) bond motifs is 1. The lowest BCUT2D eigenvalue weighted by Crippen LogP contribution is -2.16. The SMILES string of the molecule is CCOc1ccccc1NCC1Cc2ccccc2S1. The van der Waals surface area contributed by atoms with E-state index in [2.05, 4.69) is 35.6 Å². The quantitative estimate of drug-likeness (QED) is 0.889. The zero-order valence-electron chi connectivity index (χ0n) is 11.6. The second kappa shape index (κ2) is 6.23. The van der Waals surface area contributed by atoms with Crippen LogP contribution in [0.2, 0.25) is 0 Å². The van der Waals surface area contributed by atoms with Gasteiger partial charge in [0.15, 0.2) is 0 Å². The molecule has 2 aromatic rings. The lowest BCUT2D eigenvalue weighted by molar-refractivity contribution is 0.341. The summed E-state index contributed by atoms with van der Waals surface area (Å²) in [7, 11) is 0. The molecule has 0 radical (unpaired) electrons. The van der Waals surface area contributed by atoms with Gasteiger partial charge in [0.1, 0.15) is 5.75 Å². The molecule has 0 amide bonds. The zero-order chi connectivity index (χ0) is 13.8. The highest BCUT2D eigenvalue weighted by Crippen LogP contribution is 2.37. The molecule has 1 aliphatic heterocycles. The predicted molar refractivity (Wildman–Crippen MR) is 85.9 cm³/mol. The van der Waals surface area contributed by atoms with Gasteiger partial charge in [-0.2, -0.15) is 0 Å². The predicted octanol–water partition coefficient (Wildman–Crippen LogP) is 4.21. The maximum Gasteiger partial charge on any atom is 0.142 e. The number of thioether (sulfide) groups is 1. The molecule has 3 heteroatoms. The third kappa shape index (κ3) is 2.93. The van der Waals surface area contributed by atoms with Crippen LogP contribution < -0.4 is 10.1 Å². The van der Waals surface area contributed by atoms with Crippen molar-refractivity contribution >= 4 is 17.4 Å². The molecule has 1 atom stereocenters. The van der Waals surface area contributed by atoms with Crippen molar-refractivity contribution in [1.29, 1.82) is 0 Å². The van der Waals surface area contributed by atoms with Crippen molar-refractivity contribution in [2.75, 3.05) is 18.5 Å². The van der Waals surface area contributed by atoms with Crippen LogP contribution in [-0.2, 0) is 6.42 Å². The second-order valence-corrected chi connectivity index (χ2v) is 6.20. The van der Waals surface area contributed by atoms with E-state index in [4.69, 9.17) is 4.74 Å². The first kappa shape index (κ1) is 13.4. The minimum absolute atomic E-state index is 0.599. The van der Waals surface area contributed by atoms with Crippen LogP contribution in [0.25, 0.3) is 0 Å². The molecule has 104 valence electrons. The number of hydrogen-bond donors (Lipinski definition) is 1. The van der Waals surface area contributed by atoms with Crippen molar-refractivity contribution in [3.05, 3.63) is 54.1 Å². The number of rotatable bonds is 5. The van der Waals surface area contributed by atoms with Gasteiger partial charge >= 0.3 is 0 Å². The summed E-state index contributed by atoms with van der Waals surface area (Å²) in [6.07, 6.45) is 1.14. The van der Waals surface area contributed by atoms with Crippen LogP contribution in [0.15, 0.2) is 53.4 Å². The van der Waals surface area contributed by atoms with E-state index in [0.29, 0.717) is 11.9 Å². The number of para-hydroxylation sites is 2. The number of hydrogen-bond acceptors (Lipinski definition) is 3. The average molecular weight is 285 g/mol. The Bertz CT molecular complexity index is 560. The molecular weight excluding hydrogens is 266 g/mol. The molecule has 0 saturated carbocycles. The summed E-state index contributed by atoms with van der Waals surface area (Å²) in [5.41, 5.74) is 2.56. The van der Waals surface area contributed by atoms with Crippen LogP contribution >= 0.6 is 11.8 Å². The Balaban J connectivity index is 1.61. The Hall–Kier alpha value is -1.61. The van der Waals surface area contributed by atoms with Gasteiger partial charge in [-0.25, -0.2) is 0 Å². The molecule has 0 bridgehead atoms. The molecule has 1 N–H and O–H groups in total. The summed E-state index contributed by atoms with van der Waals surface area (Å²) >= 11 is 1.97. The van der Waals surface area contributed by atoms with Crippen molar-refractivity contribution in [2.24, 2.45) is 0 Å². The van der Waals surface area contributed by atoms with Gasteiger partial charge < -0.3 is 10.1 Å². The third-order valence-corrected chi connectivity index (χ3v) is 4.74. The molecular formula is C17H19NOS. The van der Waals surface area contributed by atoms with Crippen molar-refractivity contribution in [3.8, 4) is 5.75 Å². The smallest absolute Gasteiger partial charge is 0.142 e. The minimum atomic E-state index is 0.599. The van der Waals surface area contributed by atoms with Crippen LogP contribution in [-0.4, -0.2) is 18.4 Å². The monoisotopic (exact) mass is 285 g/mol. The molecule has 1 aliphatic rings. The van der Waals surface area contributed by atoms with Gasteiger partial charge in [0.25, 0.3) is 0 Å². The standard InChI is InChI=1S/C17H19NOS/c1-2-19-16-9-5-4-8-15(16)18-12-14-11-13-7-3-6-10-17(13)20-14/h3-10,14,18H,2,11-12H2,1H3. The van der Waals surface area contributed by atoms with Gasteiger partial charge in [0.05, 0.1) is 12.3 Å². The molecule has 2 nitrogen and oxygen atoms in total. The molecule has 0 aliphatic carbocycles. The minimum Gasteiger partial charge on any atom is -0.492 e. The Labute approximate surface area is 124 Å². The summed E-state index contributed by atoms with van der Waals surface area (Å²) in [6.45, 7) is 3.67. The number of ether oxygens (including phenoxy) is 1. The van der Waals surface area contributed by atoms with Crippen molar-refractivity contribution in [3.63, 3.8) is 0 Å². The number of anilines is 1. The maximum absolute atomic E-state index is 5.64. The number of nitrogens with one attached hydrogen (secondary N) is 1. The lowest BCUT2D eigenvalue weighted by Gasteiger charge is -2.14. The highest BCUT2D eigenvalue weighted by atomic mass is 32.2. The van der Waals surface area contributed by atoms with E-state index < -0.39 is 0 Å². The van der Waals surface area contributed by atoms with Crippen LogP contribution in [0, 0.1) is 0 Å². The largest absolute Gasteiger partial charge is 0.492 e. The fraction of sp³-hybridized carbons (Fsp3) is 0.294. The molecule has 0 fully saturated rings. The molecule has 0 saturated heterocycles. The average Bonchev–Trinajstić information content (AvgIpc) is 2.89. The van der Waals surface area contributed by atoms with Gasteiger partial charge in [-0.15, -0.1) is 11.8 Å². The molecule has 20 heavy (non-hydrogen) atoms. The van der Waals surface area contributed by atoms with E-state index in [1.54, 1.807) is 0 Å². The van der Waals surface area contributed by atoms with E-state index in [-0.39, 0.29) is 0 Å². The molecule has 3 rings (SSSR count). The van der Waals surface area contributed by atoms with Gasteiger partial charge in [-0.1, -0.05) is 30.3 Å². The van der Waals surface area contributed by atoms with Crippen LogP contribution in [0.5, 0.6) is 5.75 Å². The first-order chi connectivity index (χ1) is 9.86. The van der Waals surface area contributed by atoms with Gasteiger partial charge in [-0.3, -0.25) is 0 Å². The fourth-order valence-corrected chi connectivity index (χ4v) is 3.73. The fourth-order valence-electron chi connectivity index (χ4n) is 2.49. The highest BCUT2D eigenvalue weighted by Gasteiger charge is 2.21. The van der Waals surface area contributed by atoms with Crippen molar-refractivity contribution in [1.82, 2.24) is 0 Å². The summed E-state index contributed by atoms with van der Waals surface area (Å²) in [6, 6.07) is 16.8. The highest BCUT2D eigenvalue weighted by molar-refractivity contribution is 8.00. The summed E-state index contributed by atoms with van der Waals surface area (Å²) in [5, 5.41) is 4.13. The molecule has 1 unspecified atom stereocenters. The van der Waals surface area contributed by atoms with Gasteiger partial charge in [0, 0.05) is 16.7 Å². The van der Waals surface area contributed by atoms with E-state index in [1.807, 2.05) is 36.9 Å². The van der Waals surface area contributed by atoms with E-state index in [0.717, 1.165) is 24.4 Å². The summed E-state index contributed by atoms with van der Waals surface area (Å²) in [5.74, 6) is 0.940. The Morgan fingerprint density at radius 3 is 2.80 bits per heavy atom. The normalized spacial score (nSPS) is 16.8. The Kier molecular flexibility index (Phi) is 4.16. The molecule has 1 heterocycles. The Morgan fingerprint density at radius 1 is 1.15 bits per heavy atom. The van der Waals surface area contributed by atoms with E-state index >= 15 is 0 Å². The van der Waals surface area contributed by atoms with E-state index in [9.17, 15) is 0 Å². The van der Waals surface area contributed by atoms with Crippen molar-refractivity contribution < 1.29 is 4.74 Å². The van der Waals surface area contributed by atoms with Crippen molar-refractivity contribution in [2.45, 2.75) is 23.5 Å². The summed E-state index contributed by atoms with van der Waals surface area (Å²) < 4.78 is 5.64. The third-order valence-electron chi connectivity index (χ3n) is 3.42. The Morgan fingerprint density at radius 2 is 1.95 bits per heavy atom. The maximum atomic E-state index is 5.64. The first-order valence-corrected chi connectivity index (χ1v) is 7.95. The van der Waals surface area contributed by atoms with Gasteiger partial charge in [0.2, 0.25) is 0 Å². The molecule has 0 spiro atoms. The van der Waals surface area contributed by atoms with Crippen LogP contribution in [0.1, 0.15) is 12.5 Å². The van der Waals surface area contributed by atoms with Gasteiger partial charge in [-0.05, 0) is 37.1 Å². The second-order valence-electron chi connectivity index (χ2n) is 4.86. The first-order valence-electron chi connectivity index (χ1n) is 7.07. The topological polar surface area (TPSA) is 21.3 Å². The summed E-state index contributed by atoms with van der Waals surface area (Å²) in [4.78, 5) is 1.43. The van der Waals surface area contributed by atoms with E-state index in [1.165, 1.54) is 10.5 Å². The van der Waals surface area contributed by atoms with Crippen LogP contribution in [0.4, 0.5) is 5.69 Å². The van der Waals surface area contributed by atoms with Crippen LogP contribution in [0.3, 0.4) is 0 Å². The molecule has 0 aromatic heterocycles.